The smallest absolute Gasteiger partial charge is 0.420 e. The van der Waals surface area contributed by atoms with Crippen molar-refractivity contribution in [3.8, 4) is 11.6 Å². The van der Waals surface area contributed by atoms with Crippen LogP contribution in [0.25, 0.3) is 10.7 Å². The minimum absolute atomic E-state index is 0.134. The van der Waals surface area contributed by atoms with E-state index in [0.717, 1.165) is 12.4 Å². The van der Waals surface area contributed by atoms with Crippen LogP contribution in [0.5, 0.6) is 5.75 Å². The summed E-state index contributed by atoms with van der Waals surface area (Å²) >= 11 is 0. The number of hydrogen-bond donors (Lipinski definition) is 0. The van der Waals surface area contributed by atoms with Crippen molar-refractivity contribution in [3.63, 3.8) is 0 Å². The highest BCUT2D eigenvalue weighted by Gasteiger charge is 2.36. The normalized spacial score (nSPS) is 12.4. The van der Waals surface area contributed by atoms with Crippen LogP contribution in [0.4, 0.5) is 27.6 Å². The molecular formula is C20H15F5N6O3. The highest BCUT2D eigenvalue weighted by atomic mass is 19.4. The van der Waals surface area contributed by atoms with Gasteiger partial charge >= 0.3 is 12.1 Å². The lowest BCUT2D eigenvalue weighted by atomic mass is 10.1. The van der Waals surface area contributed by atoms with Crippen molar-refractivity contribution >= 4 is 11.7 Å². The first kappa shape index (κ1) is 24.6. The van der Waals surface area contributed by atoms with Crippen molar-refractivity contribution < 1.29 is 36.2 Å². The van der Waals surface area contributed by atoms with E-state index in [1.807, 2.05) is 0 Å². The standard InChI is InChI=1S/C20H15F5N6O3/c1-10(33-3)15-13(9-27-17(18(21)22)16(15)26-2)34-14(32)7-11-6-12(20(23,24)25)19(28-8-11)31-29-4-5-30-31/h4-6,8-10,18H,7H2,1,3H3/t10-/m0/s1. The van der Waals surface area contributed by atoms with Gasteiger partial charge in [0.05, 0.1) is 37.7 Å². The van der Waals surface area contributed by atoms with E-state index in [0.29, 0.717) is 10.9 Å². The van der Waals surface area contributed by atoms with E-state index >= 15 is 0 Å². The minimum atomic E-state index is -4.82. The summed E-state index contributed by atoms with van der Waals surface area (Å²) < 4.78 is 77.4. The Balaban J connectivity index is 1.93. The minimum Gasteiger partial charge on any atom is -0.426 e. The summed E-state index contributed by atoms with van der Waals surface area (Å²) in [5, 5.41) is 7.26. The summed E-state index contributed by atoms with van der Waals surface area (Å²) in [5.41, 5.74) is -2.80. The second-order valence-corrected chi connectivity index (χ2v) is 6.74. The zero-order valence-electron chi connectivity index (χ0n) is 17.5. The van der Waals surface area contributed by atoms with Gasteiger partial charge in [0, 0.05) is 18.9 Å². The van der Waals surface area contributed by atoms with E-state index in [4.69, 9.17) is 16.0 Å². The number of esters is 1. The highest BCUT2D eigenvalue weighted by molar-refractivity contribution is 5.77. The summed E-state index contributed by atoms with van der Waals surface area (Å²) in [6.07, 6.45) is -5.24. The van der Waals surface area contributed by atoms with Crippen molar-refractivity contribution in [2.45, 2.75) is 32.1 Å². The zero-order valence-corrected chi connectivity index (χ0v) is 17.5. The number of carbonyl (C=O) groups excluding carboxylic acids is 1. The molecule has 3 rings (SSSR count). The number of pyridine rings is 2. The first-order chi connectivity index (χ1) is 16.1. The highest BCUT2D eigenvalue weighted by Crippen LogP contribution is 2.41. The van der Waals surface area contributed by atoms with Crippen molar-refractivity contribution in [1.82, 2.24) is 25.0 Å². The van der Waals surface area contributed by atoms with Crippen LogP contribution < -0.4 is 4.74 Å². The maximum absolute atomic E-state index is 13.5. The molecule has 14 heteroatoms. The van der Waals surface area contributed by atoms with Gasteiger partial charge in [0.15, 0.2) is 5.82 Å². The Morgan fingerprint density at radius 2 is 1.88 bits per heavy atom. The second kappa shape index (κ2) is 9.87. The van der Waals surface area contributed by atoms with E-state index in [1.54, 1.807) is 0 Å². The average Bonchev–Trinajstić information content (AvgIpc) is 3.32. The number of alkyl halides is 5. The lowest BCUT2D eigenvalue weighted by Gasteiger charge is -2.18. The van der Waals surface area contributed by atoms with E-state index in [9.17, 15) is 26.7 Å². The zero-order chi connectivity index (χ0) is 25.0. The van der Waals surface area contributed by atoms with Crippen LogP contribution in [0.1, 0.15) is 41.8 Å². The summed E-state index contributed by atoms with van der Waals surface area (Å²) in [4.78, 5) is 23.5. The third-order valence-electron chi connectivity index (χ3n) is 4.57. The molecule has 178 valence electrons. The van der Waals surface area contributed by atoms with Crippen LogP contribution in [0.2, 0.25) is 0 Å². The Morgan fingerprint density at radius 3 is 2.44 bits per heavy atom. The number of ether oxygens (including phenoxy) is 2. The number of hydrogen-bond acceptors (Lipinski definition) is 7. The maximum Gasteiger partial charge on any atom is 0.420 e. The summed E-state index contributed by atoms with van der Waals surface area (Å²) in [7, 11) is 1.26. The number of halogens is 5. The van der Waals surface area contributed by atoms with Crippen molar-refractivity contribution in [2.75, 3.05) is 7.11 Å². The molecule has 9 nitrogen and oxygen atoms in total. The van der Waals surface area contributed by atoms with Crippen LogP contribution in [0.15, 0.2) is 30.9 Å². The summed E-state index contributed by atoms with van der Waals surface area (Å²) in [6, 6.07) is 0.703. The van der Waals surface area contributed by atoms with E-state index in [-0.39, 0.29) is 16.9 Å². The summed E-state index contributed by atoms with van der Waals surface area (Å²) in [6.45, 7) is 8.68. The molecule has 0 spiro atoms. The molecule has 0 aliphatic rings. The fraction of sp³-hybridized carbons (Fsp3) is 0.300. The molecule has 3 aromatic heterocycles. The van der Waals surface area contributed by atoms with Gasteiger partial charge < -0.3 is 9.47 Å². The molecule has 3 heterocycles. The lowest BCUT2D eigenvalue weighted by Crippen LogP contribution is -2.18. The third kappa shape index (κ3) is 5.15. The number of nitrogens with zero attached hydrogens (tertiary/aromatic N) is 6. The fourth-order valence-corrected chi connectivity index (χ4v) is 3.00. The Morgan fingerprint density at radius 1 is 1.21 bits per heavy atom. The predicted octanol–water partition coefficient (Wildman–Crippen LogP) is 4.42. The molecular weight excluding hydrogens is 467 g/mol. The number of methoxy groups -OCH3 is 1. The Hall–Kier alpha value is -3.99. The predicted molar refractivity (Wildman–Crippen MR) is 104 cm³/mol. The van der Waals surface area contributed by atoms with E-state index in [2.05, 4.69) is 25.0 Å². The molecule has 0 bridgehead atoms. The Labute approximate surface area is 189 Å². The van der Waals surface area contributed by atoms with Crippen molar-refractivity contribution in [3.05, 3.63) is 64.7 Å². The number of rotatable bonds is 7. The average molecular weight is 482 g/mol. The first-order valence-corrected chi connectivity index (χ1v) is 9.41. The molecule has 0 amide bonds. The van der Waals surface area contributed by atoms with Gasteiger partial charge in [-0.25, -0.2) is 18.6 Å². The molecule has 3 aromatic rings. The van der Waals surface area contributed by atoms with Crippen molar-refractivity contribution in [2.24, 2.45) is 0 Å². The molecule has 0 aromatic carbocycles. The van der Waals surface area contributed by atoms with Gasteiger partial charge in [-0.05, 0) is 18.6 Å². The van der Waals surface area contributed by atoms with E-state index in [1.165, 1.54) is 26.4 Å². The van der Waals surface area contributed by atoms with Gasteiger partial charge in [-0.2, -0.15) is 23.4 Å². The second-order valence-electron chi connectivity index (χ2n) is 6.74. The quantitative estimate of drug-likeness (QED) is 0.279. The molecule has 1 atom stereocenters. The monoisotopic (exact) mass is 482 g/mol. The van der Waals surface area contributed by atoms with Gasteiger partial charge in [-0.1, -0.05) is 0 Å². The third-order valence-corrected chi connectivity index (χ3v) is 4.57. The molecule has 0 unspecified atom stereocenters. The van der Waals surface area contributed by atoms with Gasteiger partial charge in [0.25, 0.3) is 6.43 Å². The van der Waals surface area contributed by atoms with Crippen LogP contribution in [0, 0.1) is 6.57 Å². The molecule has 0 aliphatic heterocycles. The van der Waals surface area contributed by atoms with Gasteiger partial charge in [-0.15, -0.1) is 4.80 Å². The number of carbonyl (C=O) groups is 1. The maximum atomic E-state index is 13.5. The van der Waals surface area contributed by atoms with Crippen LogP contribution in [0.3, 0.4) is 0 Å². The van der Waals surface area contributed by atoms with Crippen LogP contribution in [-0.2, 0) is 22.1 Å². The van der Waals surface area contributed by atoms with E-state index < -0.39 is 53.9 Å². The van der Waals surface area contributed by atoms with Crippen LogP contribution >= 0.6 is 0 Å². The molecule has 0 N–H and O–H groups in total. The fourth-order valence-electron chi connectivity index (χ4n) is 3.00. The van der Waals surface area contributed by atoms with Crippen molar-refractivity contribution in [1.29, 1.82) is 0 Å². The lowest BCUT2D eigenvalue weighted by molar-refractivity contribution is -0.138. The first-order valence-electron chi connectivity index (χ1n) is 9.41. The molecule has 34 heavy (non-hydrogen) atoms. The SMILES string of the molecule is [C-]#[N+]c1c(C(F)F)ncc(OC(=O)Cc2cnc(-n3nccn3)c(C(F)(F)F)c2)c1[C@H](C)OC. The van der Waals surface area contributed by atoms with Crippen LogP contribution in [-0.4, -0.2) is 38.0 Å². The Kier molecular flexibility index (Phi) is 7.16. The molecule has 0 saturated heterocycles. The number of aromatic nitrogens is 5. The van der Waals surface area contributed by atoms with Gasteiger partial charge in [0.2, 0.25) is 5.69 Å². The van der Waals surface area contributed by atoms with Gasteiger partial charge in [-0.3, -0.25) is 9.78 Å². The largest absolute Gasteiger partial charge is 0.426 e. The molecule has 0 fully saturated rings. The Bertz CT molecular complexity index is 1220. The summed E-state index contributed by atoms with van der Waals surface area (Å²) in [5.74, 6) is -1.94. The molecule has 0 saturated carbocycles. The molecule has 0 radical (unpaired) electrons. The molecule has 0 aliphatic carbocycles. The van der Waals surface area contributed by atoms with Gasteiger partial charge in [0.1, 0.15) is 17.0 Å². The topological polar surface area (TPSA) is 96.4 Å².